The van der Waals surface area contributed by atoms with Crippen molar-refractivity contribution >= 4 is 11.5 Å². The number of rotatable bonds is 1. The first-order valence-electron chi connectivity index (χ1n) is 3.85. The van der Waals surface area contributed by atoms with Crippen LogP contribution < -0.4 is 5.56 Å². The molecule has 0 bridgehead atoms. The summed E-state index contributed by atoms with van der Waals surface area (Å²) in [6.45, 7) is 0. The highest BCUT2D eigenvalue weighted by atomic mass is 19.1. The second kappa shape index (κ2) is 3.15. The molecular weight excluding hydrogens is 207 g/mol. The van der Waals surface area contributed by atoms with Gasteiger partial charge in [-0.25, -0.2) is 9.18 Å². The summed E-state index contributed by atoms with van der Waals surface area (Å²) >= 11 is 0. The lowest BCUT2D eigenvalue weighted by Gasteiger charge is -1.90. The highest BCUT2D eigenvalue weighted by Crippen LogP contribution is 2.09. The molecule has 0 spiro atoms. The summed E-state index contributed by atoms with van der Waals surface area (Å²) in [6.07, 6.45) is 1.04. The minimum Gasteiger partial charge on any atom is -0.464 e. The number of nitrogens with one attached hydrogen (secondary N) is 1. The van der Waals surface area contributed by atoms with Crippen LogP contribution in [0, 0.1) is 5.82 Å². The predicted molar refractivity (Wildman–Crippen MR) is 44.9 cm³/mol. The van der Waals surface area contributed by atoms with Gasteiger partial charge >= 0.3 is 5.97 Å². The van der Waals surface area contributed by atoms with Crippen molar-refractivity contribution in [3.05, 3.63) is 28.2 Å². The Morgan fingerprint density at radius 1 is 1.67 bits per heavy atom. The molecule has 8 heteroatoms. The van der Waals surface area contributed by atoms with Crippen LogP contribution in [0.5, 0.6) is 0 Å². The second-order valence-electron chi connectivity index (χ2n) is 2.61. The lowest BCUT2D eigenvalue weighted by molar-refractivity contribution is 0.0588. The Morgan fingerprint density at radius 2 is 2.40 bits per heavy atom. The van der Waals surface area contributed by atoms with Crippen LogP contribution in [0.15, 0.2) is 11.1 Å². The Bertz CT molecular complexity index is 587. The fourth-order valence-electron chi connectivity index (χ4n) is 1.10. The van der Waals surface area contributed by atoms with Crippen molar-refractivity contribution in [2.75, 3.05) is 7.11 Å². The molecule has 0 aliphatic rings. The number of esters is 1. The van der Waals surface area contributed by atoms with E-state index in [0.717, 1.165) is 18.1 Å². The zero-order valence-electron chi connectivity index (χ0n) is 7.52. The van der Waals surface area contributed by atoms with Gasteiger partial charge in [0.2, 0.25) is 5.69 Å². The third-order valence-corrected chi connectivity index (χ3v) is 1.77. The minimum absolute atomic E-state index is 0.419. The van der Waals surface area contributed by atoms with E-state index in [9.17, 15) is 14.0 Å². The van der Waals surface area contributed by atoms with Crippen molar-refractivity contribution in [1.82, 2.24) is 19.8 Å². The number of halogens is 1. The van der Waals surface area contributed by atoms with Crippen LogP contribution in [0.3, 0.4) is 0 Å². The normalized spacial score (nSPS) is 10.5. The lowest BCUT2D eigenvalue weighted by Crippen LogP contribution is -2.11. The maximum Gasteiger partial charge on any atom is 0.361 e. The molecule has 78 valence electrons. The molecule has 0 aromatic carbocycles. The van der Waals surface area contributed by atoms with Crippen LogP contribution in [0.4, 0.5) is 4.39 Å². The van der Waals surface area contributed by atoms with Crippen LogP contribution in [-0.4, -0.2) is 32.9 Å². The van der Waals surface area contributed by atoms with Crippen molar-refractivity contribution in [3.8, 4) is 0 Å². The number of fused-ring (bicyclic) bond motifs is 1. The minimum atomic E-state index is -1.05. The zero-order chi connectivity index (χ0) is 11.0. The van der Waals surface area contributed by atoms with E-state index in [1.165, 1.54) is 0 Å². The van der Waals surface area contributed by atoms with Crippen molar-refractivity contribution in [1.29, 1.82) is 0 Å². The fourth-order valence-corrected chi connectivity index (χ4v) is 1.10. The molecule has 2 rings (SSSR count). The number of aromatic nitrogens is 4. The van der Waals surface area contributed by atoms with Gasteiger partial charge in [0.05, 0.1) is 7.11 Å². The predicted octanol–water partition coefficient (Wildman–Crippen LogP) is -0.657. The quantitative estimate of drug-likeness (QED) is 0.634. The van der Waals surface area contributed by atoms with Crippen molar-refractivity contribution in [3.63, 3.8) is 0 Å². The van der Waals surface area contributed by atoms with Gasteiger partial charge in [-0.2, -0.15) is 0 Å². The molecule has 0 saturated carbocycles. The highest BCUT2D eigenvalue weighted by Gasteiger charge is 2.22. The average Bonchev–Trinajstić information content (AvgIpc) is 2.56. The van der Waals surface area contributed by atoms with Gasteiger partial charge < -0.3 is 9.72 Å². The molecule has 0 atom stereocenters. The molecule has 0 amide bonds. The lowest BCUT2D eigenvalue weighted by atomic mass is 10.4. The number of methoxy groups -OCH3 is 1. The molecule has 0 aliphatic heterocycles. The van der Waals surface area contributed by atoms with E-state index in [1.54, 1.807) is 0 Å². The number of hydrogen-bond acceptors (Lipinski definition) is 5. The third-order valence-electron chi connectivity index (χ3n) is 1.77. The van der Waals surface area contributed by atoms with Gasteiger partial charge in [-0.1, -0.05) is 0 Å². The summed E-state index contributed by atoms with van der Waals surface area (Å²) < 4.78 is 18.5. The number of carbonyl (C=O) groups excluding carboxylic acids is 1. The fraction of sp³-hybridized carbons (Fsp3) is 0.143. The Hall–Kier alpha value is -2.25. The Labute approximate surface area is 81.5 Å². The van der Waals surface area contributed by atoms with Gasteiger partial charge in [-0.05, 0) is 0 Å². The van der Waals surface area contributed by atoms with Crippen LogP contribution in [0.25, 0.3) is 5.52 Å². The molecule has 7 nitrogen and oxygen atoms in total. The molecule has 2 aromatic rings. The standard InChI is InChI=1S/C7H5FN4O3/c1-15-7(14)4-3(8)5-6(13)9-2-10-12(5)11-4/h2H,1H3,(H,9,10,13). The first-order valence-corrected chi connectivity index (χ1v) is 3.85. The first-order chi connectivity index (χ1) is 7.15. The Morgan fingerprint density at radius 3 is 3.00 bits per heavy atom. The molecule has 0 aliphatic carbocycles. The molecular formula is C7H5FN4O3. The smallest absolute Gasteiger partial charge is 0.361 e. The summed E-state index contributed by atoms with van der Waals surface area (Å²) in [7, 11) is 1.09. The largest absolute Gasteiger partial charge is 0.464 e. The first kappa shape index (κ1) is 9.31. The maximum atomic E-state index is 13.5. The van der Waals surface area contributed by atoms with Gasteiger partial charge in [-0.3, -0.25) is 4.79 Å². The van der Waals surface area contributed by atoms with Crippen molar-refractivity contribution in [2.45, 2.75) is 0 Å². The summed E-state index contributed by atoms with van der Waals surface area (Å²) in [6, 6.07) is 0. The monoisotopic (exact) mass is 212 g/mol. The molecule has 15 heavy (non-hydrogen) atoms. The van der Waals surface area contributed by atoms with Crippen LogP contribution in [0.1, 0.15) is 10.5 Å². The molecule has 2 heterocycles. The van der Waals surface area contributed by atoms with E-state index in [1.807, 2.05) is 0 Å². The number of ether oxygens (including phenoxy) is 1. The third kappa shape index (κ3) is 1.26. The highest BCUT2D eigenvalue weighted by molar-refractivity contribution is 5.89. The zero-order valence-corrected chi connectivity index (χ0v) is 7.52. The molecule has 0 unspecified atom stereocenters. The number of H-pyrrole nitrogens is 1. The van der Waals surface area contributed by atoms with Crippen LogP contribution in [0.2, 0.25) is 0 Å². The molecule has 0 radical (unpaired) electrons. The number of aromatic amines is 1. The van der Waals surface area contributed by atoms with E-state index in [4.69, 9.17) is 0 Å². The summed E-state index contributed by atoms with van der Waals surface area (Å²) in [5.74, 6) is -2.01. The summed E-state index contributed by atoms with van der Waals surface area (Å²) in [5.41, 5.74) is -1.70. The van der Waals surface area contributed by atoms with E-state index < -0.39 is 28.6 Å². The summed E-state index contributed by atoms with van der Waals surface area (Å²) in [5, 5.41) is 7.02. The van der Waals surface area contributed by atoms with E-state index >= 15 is 0 Å². The Balaban J connectivity index is 2.81. The maximum absolute atomic E-state index is 13.5. The average molecular weight is 212 g/mol. The van der Waals surface area contributed by atoms with Crippen LogP contribution >= 0.6 is 0 Å². The van der Waals surface area contributed by atoms with E-state index in [0.29, 0.717) is 0 Å². The topological polar surface area (TPSA) is 89.3 Å². The number of carbonyl (C=O) groups is 1. The molecule has 0 saturated heterocycles. The summed E-state index contributed by atoms with van der Waals surface area (Å²) in [4.78, 5) is 24.4. The number of nitrogens with zero attached hydrogens (tertiary/aromatic N) is 3. The second-order valence-corrected chi connectivity index (χ2v) is 2.61. The van der Waals surface area contributed by atoms with Gasteiger partial charge in [0, 0.05) is 0 Å². The molecule has 2 aromatic heterocycles. The SMILES string of the molecule is COC(=O)c1nn2nc[nH]c(=O)c2c1F. The van der Waals surface area contributed by atoms with Gasteiger partial charge in [0.1, 0.15) is 6.33 Å². The van der Waals surface area contributed by atoms with Gasteiger partial charge in [0.15, 0.2) is 11.3 Å². The van der Waals surface area contributed by atoms with Gasteiger partial charge in [-0.15, -0.1) is 14.8 Å². The molecule has 1 N–H and O–H groups in total. The van der Waals surface area contributed by atoms with Crippen LogP contribution in [-0.2, 0) is 4.74 Å². The number of hydrogen-bond donors (Lipinski definition) is 1. The van der Waals surface area contributed by atoms with E-state index in [2.05, 4.69) is 19.9 Å². The van der Waals surface area contributed by atoms with Gasteiger partial charge in [0.25, 0.3) is 5.56 Å². The Kier molecular flexibility index (Phi) is 1.96. The van der Waals surface area contributed by atoms with Crippen molar-refractivity contribution in [2.24, 2.45) is 0 Å². The van der Waals surface area contributed by atoms with Crippen molar-refractivity contribution < 1.29 is 13.9 Å². The van der Waals surface area contributed by atoms with E-state index in [-0.39, 0.29) is 0 Å². The molecule has 0 fully saturated rings.